The Hall–Kier alpha value is -1.02. The molecular weight excluding hydrogens is 184 g/mol. The molecular formula is C13H20N2. The fourth-order valence-electron chi connectivity index (χ4n) is 2.79. The first-order valence-electron chi connectivity index (χ1n) is 5.27. The van der Waals surface area contributed by atoms with Crippen molar-refractivity contribution in [2.45, 2.75) is 32.2 Å². The molecule has 0 amide bonds. The Kier molecular flexibility index (Phi) is 2.27. The van der Waals surface area contributed by atoms with Crippen LogP contribution in [-0.2, 0) is 12.0 Å². The molecule has 1 aromatic carbocycles. The first-order chi connectivity index (χ1) is 6.70. The van der Waals surface area contributed by atoms with Crippen molar-refractivity contribution in [2.75, 3.05) is 19.3 Å². The van der Waals surface area contributed by atoms with Crippen LogP contribution in [-0.4, -0.2) is 18.5 Å². The molecule has 1 heterocycles. The van der Waals surface area contributed by atoms with Crippen LogP contribution in [0.25, 0.3) is 0 Å². The average molecular weight is 204 g/mol. The molecule has 1 aliphatic carbocycles. The van der Waals surface area contributed by atoms with Gasteiger partial charge in [-0.25, -0.2) is 0 Å². The van der Waals surface area contributed by atoms with E-state index in [1.165, 1.54) is 24.9 Å². The van der Waals surface area contributed by atoms with Gasteiger partial charge in [0, 0.05) is 24.2 Å². The van der Waals surface area contributed by atoms with E-state index in [9.17, 15) is 0 Å². The second-order valence-corrected chi connectivity index (χ2v) is 4.87. The quantitative estimate of drug-likeness (QED) is 0.657. The van der Waals surface area contributed by atoms with Crippen molar-refractivity contribution in [3.8, 4) is 0 Å². The molecule has 3 rings (SSSR count). The van der Waals surface area contributed by atoms with Gasteiger partial charge in [-0.1, -0.05) is 13.5 Å². The number of hydrogen-bond donors (Lipinski definition) is 1. The Morgan fingerprint density at radius 2 is 2.07 bits per heavy atom. The first-order valence-corrected chi connectivity index (χ1v) is 5.27. The lowest BCUT2D eigenvalue weighted by atomic mass is 9.87. The van der Waals surface area contributed by atoms with Crippen molar-refractivity contribution in [3.05, 3.63) is 29.3 Å². The highest BCUT2D eigenvalue weighted by atomic mass is 15.1. The molecule has 1 spiro atoms. The standard InChI is InChI=1S/C12H16N2.CH4/c1-14-7-9-6-10(13)2-3-11(9)12(8-14)4-5-12;/h2-3,6H,4-5,7-8,13H2,1H3;1H4. The van der Waals surface area contributed by atoms with Crippen LogP contribution < -0.4 is 5.73 Å². The molecule has 15 heavy (non-hydrogen) atoms. The lowest BCUT2D eigenvalue weighted by Gasteiger charge is -2.32. The predicted octanol–water partition coefficient (Wildman–Crippen LogP) is 2.38. The number of rotatable bonds is 0. The van der Waals surface area contributed by atoms with Crippen LogP contribution in [0.3, 0.4) is 0 Å². The van der Waals surface area contributed by atoms with E-state index >= 15 is 0 Å². The van der Waals surface area contributed by atoms with Crippen LogP contribution in [0, 0.1) is 0 Å². The highest BCUT2D eigenvalue weighted by Crippen LogP contribution is 2.52. The van der Waals surface area contributed by atoms with Gasteiger partial charge in [-0.2, -0.15) is 0 Å². The van der Waals surface area contributed by atoms with Crippen LogP contribution in [0.4, 0.5) is 5.69 Å². The Bertz CT molecular complexity index is 380. The topological polar surface area (TPSA) is 29.3 Å². The predicted molar refractivity (Wildman–Crippen MR) is 64.8 cm³/mol. The molecule has 2 nitrogen and oxygen atoms in total. The highest BCUT2D eigenvalue weighted by Gasteiger charge is 2.48. The first kappa shape index (κ1) is 10.5. The summed E-state index contributed by atoms with van der Waals surface area (Å²) in [5.74, 6) is 0. The molecule has 0 radical (unpaired) electrons. The van der Waals surface area contributed by atoms with Crippen molar-refractivity contribution in [1.82, 2.24) is 4.90 Å². The normalized spacial score (nSPS) is 21.9. The van der Waals surface area contributed by atoms with E-state index in [1.54, 1.807) is 5.56 Å². The third-order valence-electron chi connectivity index (χ3n) is 3.57. The SMILES string of the molecule is C.CN1Cc2cc(N)ccc2C2(CC2)C1. The van der Waals surface area contributed by atoms with E-state index in [4.69, 9.17) is 5.73 Å². The molecule has 1 saturated carbocycles. The zero-order chi connectivity index (χ0) is 9.76. The molecule has 1 fully saturated rings. The van der Waals surface area contributed by atoms with Gasteiger partial charge in [0.25, 0.3) is 0 Å². The van der Waals surface area contributed by atoms with Gasteiger partial charge in [-0.3, -0.25) is 0 Å². The number of hydrogen-bond acceptors (Lipinski definition) is 2. The summed E-state index contributed by atoms with van der Waals surface area (Å²) in [5.41, 5.74) is 10.2. The second-order valence-electron chi connectivity index (χ2n) is 4.87. The van der Waals surface area contributed by atoms with E-state index in [-0.39, 0.29) is 7.43 Å². The van der Waals surface area contributed by atoms with Gasteiger partial charge in [0.2, 0.25) is 0 Å². The lowest BCUT2D eigenvalue weighted by Crippen LogP contribution is -2.35. The smallest absolute Gasteiger partial charge is 0.0317 e. The third kappa shape index (κ3) is 1.53. The van der Waals surface area contributed by atoms with Crippen molar-refractivity contribution in [1.29, 1.82) is 0 Å². The van der Waals surface area contributed by atoms with Crippen LogP contribution in [0.1, 0.15) is 31.4 Å². The Morgan fingerprint density at radius 3 is 2.73 bits per heavy atom. The Labute approximate surface area is 92.1 Å². The molecule has 0 aromatic heterocycles. The molecule has 2 aliphatic rings. The van der Waals surface area contributed by atoms with Gasteiger partial charge in [-0.15, -0.1) is 0 Å². The minimum atomic E-state index is 0. The summed E-state index contributed by atoms with van der Waals surface area (Å²) in [7, 11) is 2.20. The van der Waals surface area contributed by atoms with E-state index in [2.05, 4.69) is 24.1 Å². The number of likely N-dealkylation sites (N-methyl/N-ethyl adjacent to an activating group) is 1. The zero-order valence-electron chi connectivity index (χ0n) is 8.59. The maximum absolute atomic E-state index is 5.82. The van der Waals surface area contributed by atoms with Gasteiger partial charge >= 0.3 is 0 Å². The van der Waals surface area contributed by atoms with Crippen molar-refractivity contribution < 1.29 is 0 Å². The monoisotopic (exact) mass is 204 g/mol. The molecule has 0 saturated heterocycles. The lowest BCUT2D eigenvalue weighted by molar-refractivity contribution is 0.271. The molecule has 2 heteroatoms. The maximum atomic E-state index is 5.82. The van der Waals surface area contributed by atoms with Gasteiger partial charge in [0.05, 0.1) is 0 Å². The van der Waals surface area contributed by atoms with Crippen LogP contribution in [0.2, 0.25) is 0 Å². The number of nitrogens with two attached hydrogens (primary N) is 1. The minimum absolute atomic E-state index is 0. The number of benzene rings is 1. The molecule has 0 bridgehead atoms. The number of fused-ring (bicyclic) bond motifs is 2. The van der Waals surface area contributed by atoms with Crippen LogP contribution in [0.5, 0.6) is 0 Å². The summed E-state index contributed by atoms with van der Waals surface area (Å²) in [4.78, 5) is 2.41. The van der Waals surface area contributed by atoms with E-state index in [1.807, 2.05) is 6.07 Å². The van der Waals surface area contributed by atoms with E-state index in [0.29, 0.717) is 5.41 Å². The number of nitrogens with zero attached hydrogens (tertiary/aromatic N) is 1. The summed E-state index contributed by atoms with van der Waals surface area (Å²) in [6.07, 6.45) is 2.71. The van der Waals surface area contributed by atoms with Crippen molar-refractivity contribution >= 4 is 5.69 Å². The average Bonchev–Trinajstić information content (AvgIpc) is 2.84. The van der Waals surface area contributed by atoms with Gasteiger partial charge in [0.1, 0.15) is 0 Å². The largest absolute Gasteiger partial charge is 0.399 e. The summed E-state index contributed by atoms with van der Waals surface area (Å²) >= 11 is 0. The second kappa shape index (κ2) is 3.24. The van der Waals surface area contributed by atoms with Crippen LogP contribution >= 0.6 is 0 Å². The molecule has 2 N–H and O–H groups in total. The summed E-state index contributed by atoms with van der Waals surface area (Å²) in [5, 5.41) is 0. The van der Waals surface area contributed by atoms with E-state index in [0.717, 1.165) is 12.2 Å². The fraction of sp³-hybridized carbons (Fsp3) is 0.538. The summed E-state index contributed by atoms with van der Waals surface area (Å²) in [6.45, 7) is 2.28. The number of anilines is 1. The van der Waals surface area contributed by atoms with Crippen molar-refractivity contribution in [3.63, 3.8) is 0 Å². The zero-order valence-corrected chi connectivity index (χ0v) is 8.59. The molecule has 82 valence electrons. The van der Waals surface area contributed by atoms with Crippen LogP contribution in [0.15, 0.2) is 18.2 Å². The van der Waals surface area contributed by atoms with E-state index < -0.39 is 0 Å². The molecule has 0 unspecified atom stereocenters. The minimum Gasteiger partial charge on any atom is -0.399 e. The molecule has 1 aliphatic heterocycles. The summed E-state index contributed by atoms with van der Waals surface area (Å²) in [6, 6.07) is 6.43. The fourth-order valence-corrected chi connectivity index (χ4v) is 2.79. The summed E-state index contributed by atoms with van der Waals surface area (Å²) < 4.78 is 0. The Morgan fingerprint density at radius 1 is 1.33 bits per heavy atom. The Balaban J connectivity index is 0.000000853. The van der Waals surface area contributed by atoms with Gasteiger partial charge in [-0.05, 0) is 43.1 Å². The van der Waals surface area contributed by atoms with Gasteiger partial charge in [0.15, 0.2) is 0 Å². The van der Waals surface area contributed by atoms with Gasteiger partial charge < -0.3 is 10.6 Å². The number of nitrogen functional groups attached to an aromatic ring is 1. The maximum Gasteiger partial charge on any atom is 0.0317 e. The molecule has 1 aromatic rings. The third-order valence-corrected chi connectivity index (χ3v) is 3.57. The highest BCUT2D eigenvalue weighted by molar-refractivity contribution is 5.50. The molecule has 0 atom stereocenters. The van der Waals surface area contributed by atoms with Crippen molar-refractivity contribution in [2.24, 2.45) is 0 Å².